The minimum Gasteiger partial charge on any atom is -0.383 e. The average molecular weight is 270 g/mol. The standard InChI is InChI=1S/C16H34N2O/c1-6-17-16-11-13(3)10-14(4)15(16)12-18(7-2)8-9-19-5/h13-17H,6-12H2,1-5H3. The van der Waals surface area contributed by atoms with Crippen molar-refractivity contribution in [1.29, 1.82) is 0 Å². The molecule has 0 aromatic carbocycles. The number of likely N-dealkylation sites (N-methyl/N-ethyl adjacent to an activating group) is 1. The van der Waals surface area contributed by atoms with E-state index in [0.29, 0.717) is 6.04 Å². The zero-order chi connectivity index (χ0) is 14.3. The molecule has 19 heavy (non-hydrogen) atoms. The largest absolute Gasteiger partial charge is 0.383 e. The smallest absolute Gasteiger partial charge is 0.0589 e. The Balaban J connectivity index is 2.58. The highest BCUT2D eigenvalue weighted by Gasteiger charge is 2.34. The Hall–Kier alpha value is -0.120. The second-order valence-corrected chi connectivity index (χ2v) is 6.27. The molecule has 0 aliphatic heterocycles. The molecule has 0 bridgehead atoms. The van der Waals surface area contributed by atoms with Crippen molar-refractivity contribution < 1.29 is 4.74 Å². The third kappa shape index (κ3) is 5.41. The Morgan fingerprint density at radius 3 is 2.53 bits per heavy atom. The van der Waals surface area contributed by atoms with Crippen molar-refractivity contribution in [2.45, 2.75) is 46.6 Å². The van der Waals surface area contributed by atoms with Crippen molar-refractivity contribution in [3.05, 3.63) is 0 Å². The number of methoxy groups -OCH3 is 1. The van der Waals surface area contributed by atoms with Gasteiger partial charge in [0.05, 0.1) is 6.61 Å². The second-order valence-electron chi connectivity index (χ2n) is 6.27. The van der Waals surface area contributed by atoms with Gasteiger partial charge >= 0.3 is 0 Å². The number of rotatable bonds is 8. The molecule has 1 fully saturated rings. The molecule has 0 heterocycles. The first-order valence-corrected chi connectivity index (χ1v) is 8.06. The van der Waals surface area contributed by atoms with E-state index < -0.39 is 0 Å². The summed E-state index contributed by atoms with van der Waals surface area (Å²) in [5.74, 6) is 2.47. The summed E-state index contributed by atoms with van der Waals surface area (Å²) in [5, 5.41) is 3.72. The first-order valence-electron chi connectivity index (χ1n) is 8.06. The highest BCUT2D eigenvalue weighted by Crippen LogP contribution is 2.34. The van der Waals surface area contributed by atoms with Crippen LogP contribution in [0.2, 0.25) is 0 Å². The average Bonchev–Trinajstić information content (AvgIpc) is 2.37. The van der Waals surface area contributed by atoms with Gasteiger partial charge in [0.15, 0.2) is 0 Å². The van der Waals surface area contributed by atoms with E-state index in [0.717, 1.165) is 44.0 Å². The third-order valence-electron chi connectivity index (χ3n) is 4.67. The second kappa shape index (κ2) is 8.93. The molecule has 0 aromatic rings. The molecule has 4 unspecified atom stereocenters. The van der Waals surface area contributed by atoms with Crippen LogP contribution in [0.3, 0.4) is 0 Å². The van der Waals surface area contributed by atoms with Gasteiger partial charge in [-0.05, 0) is 43.7 Å². The number of hydrogen-bond donors (Lipinski definition) is 1. The van der Waals surface area contributed by atoms with Gasteiger partial charge in [0.25, 0.3) is 0 Å². The van der Waals surface area contributed by atoms with E-state index in [1.807, 2.05) is 0 Å². The molecule has 0 amide bonds. The lowest BCUT2D eigenvalue weighted by Crippen LogP contribution is -2.49. The Labute approximate surface area is 120 Å². The van der Waals surface area contributed by atoms with E-state index in [4.69, 9.17) is 4.74 Å². The summed E-state index contributed by atoms with van der Waals surface area (Å²) in [6, 6.07) is 0.695. The molecular formula is C16H34N2O. The molecule has 0 spiro atoms. The molecule has 3 nitrogen and oxygen atoms in total. The monoisotopic (exact) mass is 270 g/mol. The van der Waals surface area contributed by atoms with E-state index in [1.165, 1.54) is 19.4 Å². The predicted octanol–water partition coefficient (Wildman–Crippen LogP) is 2.62. The van der Waals surface area contributed by atoms with Crippen LogP contribution < -0.4 is 5.32 Å². The van der Waals surface area contributed by atoms with Crippen LogP contribution in [-0.4, -0.2) is 50.8 Å². The summed E-state index contributed by atoms with van der Waals surface area (Å²) in [7, 11) is 1.79. The molecule has 0 radical (unpaired) electrons. The molecule has 1 aliphatic rings. The lowest BCUT2D eigenvalue weighted by atomic mass is 9.72. The van der Waals surface area contributed by atoms with Crippen LogP contribution in [0.1, 0.15) is 40.5 Å². The molecule has 4 atom stereocenters. The van der Waals surface area contributed by atoms with E-state index in [-0.39, 0.29) is 0 Å². The summed E-state index contributed by atoms with van der Waals surface area (Å²) in [6.45, 7) is 14.7. The van der Waals surface area contributed by atoms with E-state index in [1.54, 1.807) is 7.11 Å². The Morgan fingerprint density at radius 2 is 1.95 bits per heavy atom. The van der Waals surface area contributed by atoms with Gasteiger partial charge in [0.2, 0.25) is 0 Å². The maximum atomic E-state index is 5.22. The van der Waals surface area contributed by atoms with Crippen molar-refractivity contribution in [3.8, 4) is 0 Å². The van der Waals surface area contributed by atoms with Gasteiger partial charge < -0.3 is 15.0 Å². The van der Waals surface area contributed by atoms with Gasteiger partial charge in [-0.15, -0.1) is 0 Å². The molecule has 114 valence electrons. The Morgan fingerprint density at radius 1 is 1.21 bits per heavy atom. The van der Waals surface area contributed by atoms with Crippen LogP contribution in [0.15, 0.2) is 0 Å². The third-order valence-corrected chi connectivity index (χ3v) is 4.67. The summed E-state index contributed by atoms with van der Waals surface area (Å²) >= 11 is 0. The van der Waals surface area contributed by atoms with Crippen molar-refractivity contribution in [3.63, 3.8) is 0 Å². The molecule has 0 aromatic heterocycles. The van der Waals surface area contributed by atoms with Gasteiger partial charge in [0, 0.05) is 26.2 Å². The fraction of sp³-hybridized carbons (Fsp3) is 1.00. The molecule has 1 aliphatic carbocycles. The van der Waals surface area contributed by atoms with Crippen molar-refractivity contribution >= 4 is 0 Å². The summed E-state index contributed by atoms with van der Waals surface area (Å²) in [6.07, 6.45) is 2.72. The summed E-state index contributed by atoms with van der Waals surface area (Å²) in [4.78, 5) is 2.55. The van der Waals surface area contributed by atoms with E-state index in [9.17, 15) is 0 Å². The fourth-order valence-corrected chi connectivity index (χ4v) is 3.61. The topological polar surface area (TPSA) is 24.5 Å². The predicted molar refractivity (Wildman–Crippen MR) is 82.5 cm³/mol. The van der Waals surface area contributed by atoms with Gasteiger partial charge in [-0.2, -0.15) is 0 Å². The maximum Gasteiger partial charge on any atom is 0.0589 e. The molecular weight excluding hydrogens is 236 g/mol. The van der Waals surface area contributed by atoms with Crippen LogP contribution in [0.5, 0.6) is 0 Å². The van der Waals surface area contributed by atoms with Crippen molar-refractivity contribution in [2.75, 3.05) is 39.9 Å². The number of hydrogen-bond acceptors (Lipinski definition) is 3. The van der Waals surface area contributed by atoms with Crippen LogP contribution >= 0.6 is 0 Å². The number of ether oxygens (including phenoxy) is 1. The minimum atomic E-state index is 0.695. The van der Waals surface area contributed by atoms with Gasteiger partial charge in [-0.1, -0.05) is 27.7 Å². The Kier molecular flexibility index (Phi) is 7.96. The SMILES string of the molecule is CCNC1CC(C)CC(C)C1CN(CC)CCOC. The highest BCUT2D eigenvalue weighted by molar-refractivity contribution is 4.89. The molecule has 1 rings (SSSR count). The zero-order valence-electron chi connectivity index (χ0n) is 13.6. The maximum absolute atomic E-state index is 5.22. The van der Waals surface area contributed by atoms with E-state index >= 15 is 0 Å². The van der Waals surface area contributed by atoms with Gasteiger partial charge in [0.1, 0.15) is 0 Å². The number of nitrogens with zero attached hydrogens (tertiary/aromatic N) is 1. The first-order chi connectivity index (χ1) is 9.12. The lowest BCUT2D eigenvalue weighted by molar-refractivity contribution is 0.0857. The van der Waals surface area contributed by atoms with Gasteiger partial charge in [-0.25, -0.2) is 0 Å². The zero-order valence-corrected chi connectivity index (χ0v) is 13.6. The normalized spacial score (nSPS) is 31.9. The van der Waals surface area contributed by atoms with Crippen LogP contribution in [-0.2, 0) is 4.74 Å². The van der Waals surface area contributed by atoms with Crippen LogP contribution in [0, 0.1) is 17.8 Å². The van der Waals surface area contributed by atoms with Crippen molar-refractivity contribution in [2.24, 2.45) is 17.8 Å². The minimum absolute atomic E-state index is 0.695. The first kappa shape index (κ1) is 16.9. The summed E-state index contributed by atoms with van der Waals surface area (Å²) < 4.78 is 5.22. The van der Waals surface area contributed by atoms with Crippen LogP contribution in [0.25, 0.3) is 0 Å². The van der Waals surface area contributed by atoms with Crippen molar-refractivity contribution in [1.82, 2.24) is 10.2 Å². The molecule has 1 saturated carbocycles. The number of nitrogens with one attached hydrogen (secondary N) is 1. The quantitative estimate of drug-likeness (QED) is 0.734. The molecule has 1 N–H and O–H groups in total. The fourth-order valence-electron chi connectivity index (χ4n) is 3.61. The van der Waals surface area contributed by atoms with Crippen LogP contribution in [0.4, 0.5) is 0 Å². The highest BCUT2D eigenvalue weighted by atomic mass is 16.5. The van der Waals surface area contributed by atoms with E-state index in [2.05, 4.69) is 37.9 Å². The Bertz CT molecular complexity index is 235. The summed E-state index contributed by atoms with van der Waals surface area (Å²) in [5.41, 5.74) is 0. The molecule has 0 saturated heterocycles. The lowest BCUT2D eigenvalue weighted by Gasteiger charge is -2.42. The molecule has 3 heteroatoms. The van der Waals surface area contributed by atoms with Gasteiger partial charge in [-0.3, -0.25) is 0 Å².